The molecule has 3 heterocycles. The van der Waals surface area contributed by atoms with Crippen molar-refractivity contribution < 1.29 is 4.79 Å². The maximum Gasteiger partial charge on any atom is 0.266 e. The largest absolute Gasteiger partial charge is 0.321 e. The maximum atomic E-state index is 12.8. The molecule has 0 aliphatic heterocycles. The average Bonchev–Trinajstić information content (AvgIpc) is 3.13. The highest BCUT2D eigenvalue weighted by atomic mass is 32.1. The van der Waals surface area contributed by atoms with Gasteiger partial charge in [-0.2, -0.15) is 0 Å². The Hall–Kier alpha value is -3.51. The second kappa shape index (κ2) is 6.03. The summed E-state index contributed by atoms with van der Waals surface area (Å²) in [6.07, 6.45) is 1.68. The topological polar surface area (TPSA) is 63.5 Å². The molecule has 0 fully saturated rings. The zero-order chi connectivity index (χ0) is 18.4. The van der Waals surface area contributed by atoms with Gasteiger partial charge in [0, 0.05) is 17.3 Å². The Balaban J connectivity index is 1.59. The molecule has 0 radical (unpaired) electrons. The van der Waals surface area contributed by atoms with Gasteiger partial charge in [-0.3, -0.25) is 14.0 Å². The number of amides is 1. The minimum absolute atomic E-state index is 0.170. The maximum absolute atomic E-state index is 12.8. The van der Waals surface area contributed by atoms with Gasteiger partial charge < -0.3 is 5.32 Å². The number of aromatic nitrogens is 2. The highest BCUT2D eigenvalue weighted by Gasteiger charge is 2.15. The highest BCUT2D eigenvalue weighted by Crippen LogP contribution is 2.26. The van der Waals surface area contributed by atoms with Gasteiger partial charge in [-0.1, -0.05) is 42.5 Å². The van der Waals surface area contributed by atoms with Crippen molar-refractivity contribution in [3.05, 3.63) is 88.2 Å². The van der Waals surface area contributed by atoms with Gasteiger partial charge in [-0.25, -0.2) is 4.98 Å². The first-order chi connectivity index (χ1) is 13.2. The van der Waals surface area contributed by atoms with Crippen LogP contribution in [-0.2, 0) is 0 Å². The lowest BCUT2D eigenvalue weighted by atomic mass is 10.1. The molecular weight excluding hydrogens is 358 g/mol. The average molecular weight is 371 g/mol. The lowest BCUT2D eigenvalue weighted by Gasteiger charge is -2.07. The lowest BCUT2D eigenvalue weighted by molar-refractivity contribution is 0.103. The standard InChI is InChI=1S/C21H13N3O2S/c25-19(22-16-9-5-7-13-6-1-2-8-14(13)16)17-12-15-20(27-17)23-18-10-3-4-11-24(18)21(15)26/h1-12H,(H,22,25). The van der Waals surface area contributed by atoms with Crippen molar-refractivity contribution in [2.75, 3.05) is 5.32 Å². The summed E-state index contributed by atoms with van der Waals surface area (Å²) in [6, 6.07) is 20.7. The van der Waals surface area contributed by atoms with E-state index in [4.69, 9.17) is 0 Å². The van der Waals surface area contributed by atoms with E-state index in [-0.39, 0.29) is 11.5 Å². The van der Waals surface area contributed by atoms with Gasteiger partial charge in [0.25, 0.3) is 11.5 Å². The normalized spacial score (nSPS) is 11.3. The number of carbonyl (C=O) groups excluding carboxylic acids is 1. The zero-order valence-corrected chi connectivity index (χ0v) is 14.9. The van der Waals surface area contributed by atoms with Crippen LogP contribution < -0.4 is 10.9 Å². The number of thiophene rings is 1. The minimum Gasteiger partial charge on any atom is -0.321 e. The summed E-state index contributed by atoms with van der Waals surface area (Å²) >= 11 is 1.22. The number of hydrogen-bond acceptors (Lipinski definition) is 4. The van der Waals surface area contributed by atoms with Gasteiger partial charge in [0.2, 0.25) is 0 Å². The smallest absolute Gasteiger partial charge is 0.266 e. The number of benzene rings is 2. The lowest BCUT2D eigenvalue weighted by Crippen LogP contribution is -2.13. The number of anilines is 1. The number of carbonyl (C=O) groups is 1. The Labute approximate surface area is 157 Å². The van der Waals surface area contributed by atoms with Crippen LogP contribution in [0.3, 0.4) is 0 Å². The molecule has 2 aromatic carbocycles. The molecule has 27 heavy (non-hydrogen) atoms. The monoisotopic (exact) mass is 371 g/mol. The van der Waals surface area contributed by atoms with Crippen LogP contribution in [0.25, 0.3) is 26.6 Å². The molecule has 0 aliphatic rings. The summed E-state index contributed by atoms with van der Waals surface area (Å²) in [5, 5.41) is 5.43. The van der Waals surface area contributed by atoms with Crippen LogP contribution in [0.5, 0.6) is 0 Å². The summed E-state index contributed by atoms with van der Waals surface area (Å²) < 4.78 is 1.49. The summed E-state index contributed by atoms with van der Waals surface area (Å²) in [5.41, 5.74) is 1.14. The first-order valence-corrected chi connectivity index (χ1v) is 9.22. The van der Waals surface area contributed by atoms with Crippen LogP contribution >= 0.6 is 11.3 Å². The molecule has 0 atom stereocenters. The van der Waals surface area contributed by atoms with Crippen molar-refractivity contribution in [2.24, 2.45) is 0 Å². The molecule has 1 N–H and O–H groups in total. The molecule has 1 amide bonds. The van der Waals surface area contributed by atoms with E-state index >= 15 is 0 Å². The van der Waals surface area contributed by atoms with E-state index in [0.29, 0.717) is 20.7 Å². The Kier molecular flexibility index (Phi) is 3.51. The highest BCUT2D eigenvalue weighted by molar-refractivity contribution is 7.20. The zero-order valence-electron chi connectivity index (χ0n) is 14.0. The number of fused-ring (bicyclic) bond motifs is 3. The number of nitrogens with zero attached hydrogens (tertiary/aromatic N) is 2. The molecule has 5 rings (SSSR count). The molecule has 3 aromatic heterocycles. The molecule has 0 bridgehead atoms. The van der Waals surface area contributed by atoms with E-state index in [9.17, 15) is 9.59 Å². The van der Waals surface area contributed by atoms with Crippen LogP contribution in [0, 0.1) is 0 Å². The fourth-order valence-corrected chi connectivity index (χ4v) is 4.10. The van der Waals surface area contributed by atoms with Crippen LogP contribution in [0.4, 0.5) is 5.69 Å². The SMILES string of the molecule is O=C(Nc1cccc2ccccc12)c1cc2c(=O)n3ccccc3nc2s1. The quantitative estimate of drug-likeness (QED) is 0.503. The molecule has 5 aromatic rings. The first-order valence-electron chi connectivity index (χ1n) is 8.41. The third-order valence-corrected chi connectivity index (χ3v) is 5.51. The molecular formula is C21H13N3O2S. The van der Waals surface area contributed by atoms with E-state index in [1.807, 2.05) is 48.5 Å². The van der Waals surface area contributed by atoms with Gasteiger partial charge in [0.05, 0.1) is 10.3 Å². The second-order valence-corrected chi connectivity index (χ2v) is 7.19. The second-order valence-electron chi connectivity index (χ2n) is 6.16. The predicted octanol–water partition coefficient (Wildman–Crippen LogP) is 4.31. The molecule has 0 saturated heterocycles. The Morgan fingerprint density at radius 1 is 0.963 bits per heavy atom. The molecule has 0 unspecified atom stereocenters. The number of pyridine rings is 1. The first kappa shape index (κ1) is 15.7. The molecule has 5 nitrogen and oxygen atoms in total. The number of nitrogens with one attached hydrogen (secondary N) is 1. The summed E-state index contributed by atoms with van der Waals surface area (Å²) in [7, 11) is 0. The fourth-order valence-electron chi connectivity index (χ4n) is 3.18. The van der Waals surface area contributed by atoms with Crippen molar-refractivity contribution in [3.63, 3.8) is 0 Å². The molecule has 0 aliphatic carbocycles. The third kappa shape index (κ3) is 2.58. The molecule has 130 valence electrons. The van der Waals surface area contributed by atoms with E-state index in [0.717, 1.165) is 16.5 Å². The van der Waals surface area contributed by atoms with Crippen molar-refractivity contribution in [1.29, 1.82) is 0 Å². The van der Waals surface area contributed by atoms with Gasteiger partial charge in [-0.15, -0.1) is 11.3 Å². The summed E-state index contributed by atoms with van der Waals surface area (Å²) in [6.45, 7) is 0. The van der Waals surface area contributed by atoms with Crippen molar-refractivity contribution in [3.8, 4) is 0 Å². The van der Waals surface area contributed by atoms with Crippen molar-refractivity contribution >= 4 is 49.6 Å². The van der Waals surface area contributed by atoms with Gasteiger partial charge in [0.15, 0.2) is 0 Å². The van der Waals surface area contributed by atoms with Gasteiger partial charge in [-0.05, 0) is 29.7 Å². The van der Waals surface area contributed by atoms with E-state index in [1.165, 1.54) is 15.7 Å². The molecule has 0 spiro atoms. The number of rotatable bonds is 2. The van der Waals surface area contributed by atoms with Crippen LogP contribution in [0.15, 0.2) is 77.7 Å². The van der Waals surface area contributed by atoms with E-state index < -0.39 is 0 Å². The van der Waals surface area contributed by atoms with Gasteiger partial charge >= 0.3 is 0 Å². The summed E-state index contributed by atoms with van der Waals surface area (Å²) in [4.78, 5) is 31.0. The minimum atomic E-state index is -0.247. The predicted molar refractivity (Wildman–Crippen MR) is 109 cm³/mol. The Morgan fingerprint density at radius 3 is 2.70 bits per heavy atom. The van der Waals surface area contributed by atoms with Crippen LogP contribution in [-0.4, -0.2) is 15.3 Å². The molecule has 6 heteroatoms. The molecule has 0 saturated carbocycles. The van der Waals surface area contributed by atoms with Crippen molar-refractivity contribution in [2.45, 2.75) is 0 Å². The Morgan fingerprint density at radius 2 is 1.78 bits per heavy atom. The third-order valence-electron chi connectivity index (χ3n) is 4.48. The van der Waals surface area contributed by atoms with Crippen molar-refractivity contribution in [1.82, 2.24) is 9.38 Å². The van der Waals surface area contributed by atoms with Gasteiger partial charge in [0.1, 0.15) is 10.5 Å². The fraction of sp³-hybridized carbons (Fsp3) is 0. The van der Waals surface area contributed by atoms with E-state index in [2.05, 4.69) is 10.3 Å². The van der Waals surface area contributed by atoms with Crippen LogP contribution in [0.1, 0.15) is 9.67 Å². The number of hydrogen-bond donors (Lipinski definition) is 1. The Bertz CT molecular complexity index is 1400. The van der Waals surface area contributed by atoms with E-state index in [1.54, 1.807) is 24.4 Å². The van der Waals surface area contributed by atoms with Crippen LogP contribution in [0.2, 0.25) is 0 Å². The summed E-state index contributed by atoms with van der Waals surface area (Å²) in [5.74, 6) is -0.247.